The van der Waals surface area contributed by atoms with Crippen molar-refractivity contribution in [1.29, 1.82) is 0 Å². The number of carbonyl (C=O) groups is 1. The van der Waals surface area contributed by atoms with Gasteiger partial charge < -0.3 is 13.9 Å². The Bertz CT molecular complexity index is 928. The van der Waals surface area contributed by atoms with Gasteiger partial charge in [-0.15, -0.1) is 0 Å². The number of hydrogen-bond acceptors (Lipinski definition) is 3. The van der Waals surface area contributed by atoms with E-state index in [1.54, 1.807) is 42.6 Å². The molecule has 0 spiro atoms. The molecule has 0 atom stereocenters. The van der Waals surface area contributed by atoms with E-state index in [2.05, 4.69) is 0 Å². The molecule has 0 aliphatic heterocycles. The molecule has 6 heteroatoms. The van der Waals surface area contributed by atoms with Crippen LogP contribution in [0.4, 0.5) is 10.1 Å². The van der Waals surface area contributed by atoms with E-state index in [-0.39, 0.29) is 29.6 Å². The number of amides is 1. The quantitative estimate of drug-likeness (QED) is 0.716. The molecule has 1 amide bonds. The first-order valence-corrected chi connectivity index (χ1v) is 7.90. The Balaban J connectivity index is 1.80. The van der Waals surface area contributed by atoms with E-state index < -0.39 is 0 Å². The van der Waals surface area contributed by atoms with Crippen molar-refractivity contribution in [2.75, 3.05) is 11.4 Å². The number of rotatable bonds is 5. The van der Waals surface area contributed by atoms with E-state index >= 15 is 0 Å². The fourth-order valence-corrected chi connectivity index (χ4v) is 2.53. The highest BCUT2D eigenvalue weighted by atomic mass is 19.1. The lowest BCUT2D eigenvalue weighted by atomic mass is 10.2. The maximum atomic E-state index is 13.1. The molecule has 0 N–H and O–H groups in total. The molecule has 2 aromatic heterocycles. The predicted molar refractivity (Wildman–Crippen MR) is 92.3 cm³/mol. The van der Waals surface area contributed by atoms with E-state index in [1.807, 2.05) is 6.92 Å². The Labute approximate surface area is 143 Å². The molecule has 3 rings (SSSR count). The van der Waals surface area contributed by atoms with Gasteiger partial charge in [0.2, 0.25) is 0 Å². The summed E-state index contributed by atoms with van der Waals surface area (Å²) in [6.45, 7) is 2.49. The van der Waals surface area contributed by atoms with Crippen LogP contribution in [0.3, 0.4) is 0 Å². The number of hydrogen-bond donors (Lipinski definition) is 0. The maximum Gasteiger partial charge on any atom is 0.293 e. The molecule has 0 aliphatic carbocycles. The molecular weight excluding hydrogens is 323 g/mol. The number of benzene rings is 1. The van der Waals surface area contributed by atoms with Crippen LogP contribution in [0.25, 0.3) is 0 Å². The van der Waals surface area contributed by atoms with Gasteiger partial charge in [-0.05, 0) is 49.4 Å². The van der Waals surface area contributed by atoms with Gasteiger partial charge in [0.25, 0.3) is 11.5 Å². The number of carbonyl (C=O) groups excluding carboxylic acids is 1. The third-order valence-electron chi connectivity index (χ3n) is 3.80. The molecule has 128 valence electrons. The first kappa shape index (κ1) is 16.7. The van der Waals surface area contributed by atoms with Crippen molar-refractivity contribution in [1.82, 2.24) is 4.57 Å². The summed E-state index contributed by atoms with van der Waals surface area (Å²) in [6.07, 6.45) is 1.66. The lowest BCUT2D eigenvalue weighted by Gasteiger charge is -2.19. The van der Waals surface area contributed by atoms with Gasteiger partial charge in [0, 0.05) is 24.5 Å². The highest BCUT2D eigenvalue weighted by Crippen LogP contribution is 2.19. The zero-order valence-electron chi connectivity index (χ0n) is 13.7. The molecule has 0 radical (unpaired) electrons. The lowest BCUT2D eigenvalue weighted by Crippen LogP contribution is -2.30. The summed E-state index contributed by atoms with van der Waals surface area (Å²) in [6, 6.07) is 13.8. The number of halogens is 1. The summed E-state index contributed by atoms with van der Waals surface area (Å²) in [4.78, 5) is 25.9. The minimum atomic E-state index is -0.360. The molecule has 0 aliphatic rings. The van der Waals surface area contributed by atoms with Crippen molar-refractivity contribution >= 4 is 11.6 Å². The predicted octanol–water partition coefficient (Wildman–Crippen LogP) is 3.30. The molecule has 2 heterocycles. The average Bonchev–Trinajstić information content (AvgIpc) is 3.08. The van der Waals surface area contributed by atoms with E-state index in [4.69, 9.17) is 4.42 Å². The second kappa shape index (κ2) is 7.17. The first-order chi connectivity index (χ1) is 12.1. The number of anilines is 1. The Morgan fingerprint density at radius 2 is 1.88 bits per heavy atom. The van der Waals surface area contributed by atoms with Crippen molar-refractivity contribution in [3.8, 4) is 0 Å². The normalized spacial score (nSPS) is 10.6. The highest BCUT2D eigenvalue weighted by molar-refractivity contribution is 6.04. The maximum absolute atomic E-state index is 13.1. The average molecular weight is 340 g/mol. The third kappa shape index (κ3) is 3.68. The fraction of sp³-hybridized carbons (Fsp3) is 0.158. The Kier molecular flexibility index (Phi) is 4.79. The zero-order chi connectivity index (χ0) is 17.8. The molecule has 0 saturated heterocycles. The van der Waals surface area contributed by atoms with Gasteiger partial charge in [0.15, 0.2) is 5.76 Å². The molecule has 0 unspecified atom stereocenters. The summed E-state index contributed by atoms with van der Waals surface area (Å²) in [7, 11) is 0. The molecule has 0 fully saturated rings. The number of aromatic nitrogens is 1. The van der Waals surface area contributed by atoms with Gasteiger partial charge in [-0.1, -0.05) is 6.07 Å². The summed E-state index contributed by atoms with van der Waals surface area (Å²) < 4.78 is 20.2. The second-order valence-corrected chi connectivity index (χ2v) is 5.46. The molecular formula is C19H17FN2O3. The molecule has 0 saturated carbocycles. The van der Waals surface area contributed by atoms with Crippen LogP contribution >= 0.6 is 0 Å². The minimum absolute atomic E-state index is 0.145. The number of pyridine rings is 1. The third-order valence-corrected chi connectivity index (χ3v) is 3.80. The molecule has 5 nitrogen and oxygen atoms in total. The lowest BCUT2D eigenvalue weighted by molar-refractivity contribution is 0.0959. The molecule has 1 aromatic carbocycles. The van der Waals surface area contributed by atoms with Crippen molar-refractivity contribution in [3.05, 3.63) is 88.5 Å². The van der Waals surface area contributed by atoms with E-state index in [9.17, 15) is 14.0 Å². The van der Waals surface area contributed by atoms with Crippen LogP contribution in [0, 0.1) is 5.82 Å². The van der Waals surface area contributed by atoms with E-state index in [0.29, 0.717) is 18.0 Å². The van der Waals surface area contributed by atoms with Crippen LogP contribution < -0.4 is 10.5 Å². The van der Waals surface area contributed by atoms with Gasteiger partial charge in [0.05, 0.1) is 6.54 Å². The van der Waals surface area contributed by atoms with Crippen molar-refractivity contribution in [2.24, 2.45) is 0 Å². The Morgan fingerprint density at radius 3 is 2.56 bits per heavy atom. The summed E-state index contributed by atoms with van der Waals surface area (Å²) in [5.74, 6) is -0.00132. The minimum Gasteiger partial charge on any atom is -0.454 e. The van der Waals surface area contributed by atoms with Crippen LogP contribution in [-0.4, -0.2) is 17.0 Å². The van der Waals surface area contributed by atoms with Gasteiger partial charge >= 0.3 is 0 Å². The second-order valence-electron chi connectivity index (χ2n) is 5.46. The number of furan rings is 1. The summed E-state index contributed by atoms with van der Waals surface area (Å²) >= 11 is 0. The molecule has 25 heavy (non-hydrogen) atoms. The standard InChI is InChI=1S/C19H17FN2O3/c1-2-22(15-8-6-14(20)7-9-15)19(24)17-11-10-16(25-17)13-21-12-4-3-5-18(21)23/h3-12H,2,13H2,1H3. The molecule has 3 aromatic rings. The SMILES string of the molecule is CCN(C(=O)c1ccc(Cn2ccccc2=O)o1)c1ccc(F)cc1. The van der Waals surface area contributed by atoms with Crippen LogP contribution in [-0.2, 0) is 6.54 Å². The largest absolute Gasteiger partial charge is 0.454 e. The Hall–Kier alpha value is -3.15. The molecule has 0 bridgehead atoms. The smallest absolute Gasteiger partial charge is 0.293 e. The topological polar surface area (TPSA) is 55.5 Å². The summed E-state index contributed by atoms with van der Waals surface area (Å²) in [5.41, 5.74) is 0.444. The van der Waals surface area contributed by atoms with Crippen molar-refractivity contribution in [3.63, 3.8) is 0 Å². The highest BCUT2D eigenvalue weighted by Gasteiger charge is 2.19. The first-order valence-electron chi connectivity index (χ1n) is 7.90. The Morgan fingerprint density at radius 1 is 1.12 bits per heavy atom. The van der Waals surface area contributed by atoms with Crippen LogP contribution in [0.5, 0.6) is 0 Å². The van der Waals surface area contributed by atoms with E-state index in [0.717, 1.165) is 0 Å². The number of nitrogens with zero attached hydrogens (tertiary/aromatic N) is 2. The zero-order valence-corrected chi connectivity index (χ0v) is 13.7. The summed E-state index contributed by atoms with van der Waals surface area (Å²) in [5, 5.41) is 0. The van der Waals surface area contributed by atoms with Crippen LogP contribution in [0.2, 0.25) is 0 Å². The van der Waals surface area contributed by atoms with Crippen LogP contribution in [0.1, 0.15) is 23.2 Å². The monoisotopic (exact) mass is 340 g/mol. The van der Waals surface area contributed by atoms with Gasteiger partial charge in [-0.2, -0.15) is 0 Å². The van der Waals surface area contributed by atoms with E-state index in [1.165, 1.54) is 27.7 Å². The van der Waals surface area contributed by atoms with Crippen molar-refractivity contribution < 1.29 is 13.6 Å². The van der Waals surface area contributed by atoms with Gasteiger partial charge in [-0.25, -0.2) is 4.39 Å². The van der Waals surface area contributed by atoms with Crippen LogP contribution in [0.15, 0.2) is 70.0 Å². The fourth-order valence-electron chi connectivity index (χ4n) is 2.53. The van der Waals surface area contributed by atoms with Gasteiger partial charge in [-0.3, -0.25) is 9.59 Å². The van der Waals surface area contributed by atoms with Gasteiger partial charge in [0.1, 0.15) is 11.6 Å². The van der Waals surface area contributed by atoms with Crippen molar-refractivity contribution in [2.45, 2.75) is 13.5 Å².